The number of halogens is 1. The molecule has 0 saturated heterocycles. The van der Waals surface area contributed by atoms with Gasteiger partial charge in [-0.3, -0.25) is 4.79 Å². The summed E-state index contributed by atoms with van der Waals surface area (Å²) in [5.41, 5.74) is 0.940. The topological polar surface area (TPSA) is 20.3 Å². The Hall–Kier alpha value is -1.02. The van der Waals surface area contributed by atoms with Crippen molar-refractivity contribution in [3.63, 3.8) is 0 Å². The molecule has 0 unspecified atom stereocenters. The molecule has 3 heteroatoms. The summed E-state index contributed by atoms with van der Waals surface area (Å²) in [4.78, 5) is 15.3. The van der Waals surface area contributed by atoms with Crippen LogP contribution in [0.3, 0.4) is 0 Å². The number of carbonyl (C=O) groups is 1. The molecule has 0 heterocycles. The summed E-state index contributed by atoms with van der Waals surface area (Å²) in [6, 6.07) is 10.7. The summed E-state index contributed by atoms with van der Waals surface area (Å²) in [7, 11) is 0. The van der Waals surface area contributed by atoms with E-state index < -0.39 is 0 Å². The quantitative estimate of drug-likeness (QED) is 0.749. The fourth-order valence-corrected chi connectivity index (χ4v) is 3.90. The molecule has 3 rings (SSSR count). The Morgan fingerprint density at radius 3 is 2.38 bits per heavy atom. The average molecular weight is 306 g/mol. The maximum atomic E-state index is 13.2. The average Bonchev–Trinajstić information content (AvgIpc) is 3.35. The van der Waals surface area contributed by atoms with Crippen LogP contribution >= 0.6 is 11.6 Å². The molecule has 114 valence electrons. The smallest absolute Gasteiger partial charge is 0.233 e. The standard InChI is InChI=1S/C18H24ClNO/c19-13-14-20(16-9-5-2-6-10-16)17(21)18(11-12-18)15-7-3-1-4-8-15/h1,3-4,7-8,16H,2,5-6,9-14H2. The molecule has 2 aliphatic carbocycles. The maximum Gasteiger partial charge on any atom is 0.233 e. The van der Waals surface area contributed by atoms with Gasteiger partial charge in [0.1, 0.15) is 0 Å². The lowest BCUT2D eigenvalue weighted by atomic mass is 9.90. The van der Waals surface area contributed by atoms with E-state index in [4.69, 9.17) is 11.6 Å². The first-order chi connectivity index (χ1) is 10.3. The molecule has 2 nitrogen and oxygen atoms in total. The van der Waals surface area contributed by atoms with Crippen molar-refractivity contribution in [1.29, 1.82) is 0 Å². The number of nitrogens with zero attached hydrogens (tertiary/aromatic N) is 1. The van der Waals surface area contributed by atoms with Crippen LogP contribution in [-0.2, 0) is 10.2 Å². The fourth-order valence-electron chi connectivity index (χ4n) is 3.72. The monoisotopic (exact) mass is 305 g/mol. The predicted molar refractivity (Wildman–Crippen MR) is 86.7 cm³/mol. The molecule has 21 heavy (non-hydrogen) atoms. The second-order valence-electron chi connectivity index (χ2n) is 6.43. The lowest BCUT2D eigenvalue weighted by Crippen LogP contribution is -2.47. The summed E-state index contributed by atoms with van der Waals surface area (Å²) in [5.74, 6) is 0.855. The number of amides is 1. The molecular weight excluding hydrogens is 282 g/mol. The van der Waals surface area contributed by atoms with Gasteiger partial charge < -0.3 is 4.90 Å². The molecule has 0 radical (unpaired) electrons. The molecule has 2 saturated carbocycles. The zero-order valence-corrected chi connectivity index (χ0v) is 13.3. The van der Waals surface area contributed by atoms with Gasteiger partial charge in [0.2, 0.25) is 5.91 Å². The van der Waals surface area contributed by atoms with Crippen molar-refractivity contribution in [2.24, 2.45) is 0 Å². The van der Waals surface area contributed by atoms with Crippen LogP contribution in [0.2, 0.25) is 0 Å². The number of hydrogen-bond donors (Lipinski definition) is 0. The van der Waals surface area contributed by atoms with Crippen LogP contribution in [0, 0.1) is 0 Å². The van der Waals surface area contributed by atoms with Gasteiger partial charge in [0, 0.05) is 18.5 Å². The third-order valence-electron chi connectivity index (χ3n) is 5.09. The first-order valence-electron chi connectivity index (χ1n) is 8.20. The van der Waals surface area contributed by atoms with Gasteiger partial charge in [-0.25, -0.2) is 0 Å². The molecule has 0 spiro atoms. The Kier molecular flexibility index (Phi) is 4.54. The Morgan fingerprint density at radius 1 is 1.14 bits per heavy atom. The van der Waals surface area contributed by atoms with Crippen molar-refractivity contribution in [2.75, 3.05) is 12.4 Å². The zero-order valence-electron chi connectivity index (χ0n) is 12.6. The van der Waals surface area contributed by atoms with Crippen molar-refractivity contribution < 1.29 is 4.79 Å². The molecular formula is C18H24ClNO. The summed E-state index contributed by atoms with van der Waals surface area (Å²) < 4.78 is 0. The van der Waals surface area contributed by atoms with Gasteiger partial charge in [0.25, 0.3) is 0 Å². The van der Waals surface area contributed by atoms with Crippen molar-refractivity contribution in [3.05, 3.63) is 35.9 Å². The second kappa shape index (κ2) is 6.39. The molecule has 1 aromatic rings. The molecule has 0 atom stereocenters. The first-order valence-corrected chi connectivity index (χ1v) is 8.74. The molecule has 0 aromatic heterocycles. The number of benzene rings is 1. The number of carbonyl (C=O) groups excluding carboxylic acids is 1. The Labute approximate surface area is 132 Å². The van der Waals surface area contributed by atoms with Crippen LogP contribution in [0.15, 0.2) is 30.3 Å². The highest BCUT2D eigenvalue weighted by Crippen LogP contribution is 2.50. The Balaban J connectivity index is 1.80. The molecule has 0 bridgehead atoms. The highest BCUT2D eigenvalue weighted by Gasteiger charge is 2.53. The van der Waals surface area contributed by atoms with E-state index in [-0.39, 0.29) is 5.41 Å². The van der Waals surface area contributed by atoms with Crippen molar-refractivity contribution >= 4 is 17.5 Å². The molecule has 2 fully saturated rings. The van der Waals surface area contributed by atoms with Crippen LogP contribution < -0.4 is 0 Å². The highest BCUT2D eigenvalue weighted by atomic mass is 35.5. The summed E-state index contributed by atoms with van der Waals surface area (Å²) in [5, 5.41) is 0. The van der Waals surface area contributed by atoms with Crippen LogP contribution in [0.5, 0.6) is 0 Å². The van der Waals surface area contributed by atoms with E-state index in [1.165, 1.54) is 24.8 Å². The fraction of sp³-hybridized carbons (Fsp3) is 0.611. The van der Waals surface area contributed by atoms with Gasteiger partial charge in [0.05, 0.1) is 5.41 Å². The van der Waals surface area contributed by atoms with Crippen LogP contribution in [-0.4, -0.2) is 29.3 Å². The van der Waals surface area contributed by atoms with Gasteiger partial charge in [-0.05, 0) is 31.2 Å². The molecule has 1 amide bonds. The summed E-state index contributed by atoms with van der Waals surface area (Å²) in [6.45, 7) is 0.694. The first kappa shape index (κ1) is 14.9. The highest BCUT2D eigenvalue weighted by molar-refractivity contribution is 6.18. The number of alkyl halides is 1. The van der Waals surface area contributed by atoms with Gasteiger partial charge in [0.15, 0.2) is 0 Å². The minimum Gasteiger partial charge on any atom is -0.338 e. The van der Waals surface area contributed by atoms with E-state index in [0.29, 0.717) is 24.4 Å². The third kappa shape index (κ3) is 2.96. The van der Waals surface area contributed by atoms with Crippen molar-refractivity contribution in [3.8, 4) is 0 Å². The SMILES string of the molecule is O=C(N(CCCl)C1CCCCC1)C1(c2ccccc2)CC1. The Morgan fingerprint density at radius 2 is 1.81 bits per heavy atom. The van der Waals surface area contributed by atoms with Crippen LogP contribution in [0.25, 0.3) is 0 Å². The van der Waals surface area contributed by atoms with Crippen LogP contribution in [0.4, 0.5) is 0 Å². The third-order valence-corrected chi connectivity index (χ3v) is 5.26. The number of hydrogen-bond acceptors (Lipinski definition) is 1. The number of rotatable bonds is 5. The van der Waals surface area contributed by atoms with E-state index in [9.17, 15) is 4.79 Å². The molecule has 0 aliphatic heterocycles. The normalized spacial score (nSPS) is 21.0. The predicted octanol–water partition coefficient (Wildman–Crippen LogP) is 4.12. The summed E-state index contributed by atoms with van der Waals surface area (Å²) >= 11 is 5.98. The van der Waals surface area contributed by atoms with Gasteiger partial charge in [-0.2, -0.15) is 0 Å². The zero-order chi connectivity index (χ0) is 14.7. The van der Waals surface area contributed by atoms with E-state index in [1.807, 2.05) is 18.2 Å². The minimum atomic E-state index is -0.245. The minimum absolute atomic E-state index is 0.245. The van der Waals surface area contributed by atoms with Crippen LogP contribution in [0.1, 0.15) is 50.5 Å². The van der Waals surface area contributed by atoms with E-state index in [0.717, 1.165) is 25.7 Å². The van der Waals surface area contributed by atoms with E-state index in [2.05, 4.69) is 17.0 Å². The van der Waals surface area contributed by atoms with Gasteiger partial charge in [-0.1, -0.05) is 49.6 Å². The van der Waals surface area contributed by atoms with Gasteiger partial charge >= 0.3 is 0 Å². The molecule has 2 aliphatic rings. The van der Waals surface area contributed by atoms with E-state index in [1.54, 1.807) is 0 Å². The second-order valence-corrected chi connectivity index (χ2v) is 6.81. The lowest BCUT2D eigenvalue weighted by Gasteiger charge is -2.36. The lowest BCUT2D eigenvalue weighted by molar-refractivity contribution is -0.136. The van der Waals surface area contributed by atoms with E-state index >= 15 is 0 Å². The maximum absolute atomic E-state index is 13.2. The van der Waals surface area contributed by atoms with Gasteiger partial charge in [-0.15, -0.1) is 11.6 Å². The van der Waals surface area contributed by atoms with Crippen molar-refractivity contribution in [1.82, 2.24) is 4.90 Å². The Bertz CT molecular complexity index is 477. The van der Waals surface area contributed by atoms with Crippen molar-refractivity contribution in [2.45, 2.75) is 56.4 Å². The molecule has 0 N–H and O–H groups in total. The summed E-state index contributed by atoms with van der Waals surface area (Å²) in [6.07, 6.45) is 8.07. The largest absolute Gasteiger partial charge is 0.338 e. The molecule has 1 aromatic carbocycles.